The second-order valence-corrected chi connectivity index (χ2v) is 7.08. The zero-order valence-corrected chi connectivity index (χ0v) is 14.6. The predicted octanol–water partition coefficient (Wildman–Crippen LogP) is 2.74. The molecule has 0 saturated carbocycles. The largest absolute Gasteiger partial charge is 0.550 e. The van der Waals surface area contributed by atoms with Crippen molar-refractivity contribution < 1.29 is 14.6 Å². The summed E-state index contributed by atoms with van der Waals surface area (Å²) in [4.78, 5) is 14.8. The van der Waals surface area contributed by atoms with Gasteiger partial charge in [0, 0.05) is 24.2 Å². The number of aromatic nitrogens is 1. The van der Waals surface area contributed by atoms with Crippen LogP contribution in [0.1, 0.15) is 43.5 Å². The maximum atomic E-state index is 10.5. The molecule has 0 amide bonds. The van der Waals surface area contributed by atoms with Gasteiger partial charge in [0.15, 0.2) is 0 Å². The number of rotatable bonds is 8. The lowest BCUT2D eigenvalue weighted by atomic mass is 9.82. The third-order valence-electron chi connectivity index (χ3n) is 4.03. The van der Waals surface area contributed by atoms with Gasteiger partial charge < -0.3 is 14.6 Å². The summed E-state index contributed by atoms with van der Waals surface area (Å²) in [7, 11) is 0. The van der Waals surface area contributed by atoms with Crippen molar-refractivity contribution in [1.82, 2.24) is 4.98 Å². The van der Waals surface area contributed by atoms with Gasteiger partial charge in [0.25, 0.3) is 0 Å². The minimum absolute atomic E-state index is 0.133. The topological polar surface area (TPSA) is 62.2 Å². The van der Waals surface area contributed by atoms with Crippen LogP contribution in [0.5, 0.6) is 5.75 Å². The number of carboxylic acids is 1. The van der Waals surface area contributed by atoms with Crippen LogP contribution in [0.2, 0.25) is 0 Å². The van der Waals surface area contributed by atoms with Crippen molar-refractivity contribution >= 4 is 17.3 Å². The van der Waals surface area contributed by atoms with Crippen molar-refractivity contribution in [3.63, 3.8) is 0 Å². The molecule has 0 aliphatic heterocycles. The Morgan fingerprint density at radius 1 is 1.30 bits per heavy atom. The molecule has 0 unspecified atom stereocenters. The van der Waals surface area contributed by atoms with E-state index in [1.54, 1.807) is 5.38 Å². The summed E-state index contributed by atoms with van der Waals surface area (Å²) < 4.78 is 5.74. The fourth-order valence-electron chi connectivity index (χ4n) is 2.16. The fraction of sp³-hybridized carbons (Fsp3) is 0.444. The van der Waals surface area contributed by atoms with Crippen molar-refractivity contribution in [2.75, 3.05) is 6.61 Å². The standard InChI is InChI=1S/C18H23NO3S/c1-4-18(2,3)13-5-7-15(8-6-13)22-10-9-16-19-14(12-23-16)11-17(20)21/h5-8,12H,4,9-11H2,1-3H3,(H,20,21)/p-1. The Labute approximate surface area is 141 Å². The van der Waals surface area contributed by atoms with Crippen molar-refractivity contribution in [3.05, 3.63) is 45.9 Å². The quantitative estimate of drug-likeness (QED) is 0.746. The normalized spacial score (nSPS) is 11.4. The second-order valence-electron chi connectivity index (χ2n) is 6.14. The molecule has 0 N–H and O–H groups in total. The first-order valence-corrected chi connectivity index (χ1v) is 8.65. The average molecular weight is 332 g/mol. The molecule has 1 aromatic heterocycles. The Hall–Kier alpha value is -1.88. The number of aliphatic carboxylic acids is 1. The molecule has 0 aliphatic rings. The fourth-order valence-corrected chi connectivity index (χ4v) is 2.93. The Bertz CT molecular complexity index is 647. The summed E-state index contributed by atoms with van der Waals surface area (Å²) in [6, 6.07) is 8.21. The van der Waals surface area contributed by atoms with Gasteiger partial charge in [0.05, 0.1) is 17.3 Å². The molecule has 1 heterocycles. The lowest BCUT2D eigenvalue weighted by Crippen LogP contribution is -2.24. The smallest absolute Gasteiger partial charge is 0.119 e. The van der Waals surface area contributed by atoms with Gasteiger partial charge in [-0.25, -0.2) is 4.98 Å². The zero-order chi connectivity index (χ0) is 16.9. The lowest BCUT2D eigenvalue weighted by molar-refractivity contribution is -0.304. The molecule has 124 valence electrons. The van der Waals surface area contributed by atoms with Gasteiger partial charge >= 0.3 is 0 Å². The summed E-state index contributed by atoms with van der Waals surface area (Å²) in [5.41, 5.74) is 2.03. The molecule has 0 aliphatic carbocycles. The molecule has 0 saturated heterocycles. The molecule has 0 spiro atoms. The molecule has 0 radical (unpaired) electrons. The highest BCUT2D eigenvalue weighted by Crippen LogP contribution is 2.28. The zero-order valence-electron chi connectivity index (χ0n) is 13.8. The molecule has 5 heteroatoms. The van der Waals surface area contributed by atoms with Gasteiger partial charge in [0.2, 0.25) is 0 Å². The van der Waals surface area contributed by atoms with E-state index < -0.39 is 5.97 Å². The molecular formula is C18H22NO3S-. The molecular weight excluding hydrogens is 310 g/mol. The summed E-state index contributed by atoms with van der Waals surface area (Å²) >= 11 is 1.45. The monoisotopic (exact) mass is 332 g/mol. The number of carbonyl (C=O) groups excluding carboxylic acids is 1. The third kappa shape index (κ3) is 5.06. The molecule has 2 rings (SSSR count). The van der Waals surface area contributed by atoms with Crippen molar-refractivity contribution in [3.8, 4) is 5.75 Å². The summed E-state index contributed by atoms with van der Waals surface area (Å²) in [6.45, 7) is 7.17. The highest BCUT2D eigenvalue weighted by Gasteiger charge is 2.17. The van der Waals surface area contributed by atoms with Crippen LogP contribution in [0.15, 0.2) is 29.6 Å². The highest BCUT2D eigenvalue weighted by molar-refractivity contribution is 7.09. The molecule has 4 nitrogen and oxygen atoms in total. The van der Waals surface area contributed by atoms with Gasteiger partial charge in [-0.1, -0.05) is 32.9 Å². The first-order chi connectivity index (χ1) is 10.9. The molecule has 0 fully saturated rings. The van der Waals surface area contributed by atoms with Crippen LogP contribution in [-0.4, -0.2) is 17.6 Å². The van der Waals surface area contributed by atoms with Crippen LogP contribution < -0.4 is 9.84 Å². The van der Waals surface area contributed by atoms with E-state index in [1.165, 1.54) is 16.9 Å². The van der Waals surface area contributed by atoms with E-state index in [0.29, 0.717) is 18.7 Å². The number of hydrogen-bond donors (Lipinski definition) is 0. The number of ether oxygens (including phenoxy) is 1. The maximum absolute atomic E-state index is 10.5. The number of carbonyl (C=O) groups is 1. The summed E-state index contributed by atoms with van der Waals surface area (Å²) in [5, 5.41) is 13.2. The molecule has 23 heavy (non-hydrogen) atoms. The number of hydrogen-bond acceptors (Lipinski definition) is 5. The van der Waals surface area contributed by atoms with E-state index in [2.05, 4.69) is 37.9 Å². The number of benzene rings is 1. The highest BCUT2D eigenvalue weighted by atomic mass is 32.1. The SMILES string of the molecule is CCC(C)(C)c1ccc(OCCc2nc(CC(=O)[O-])cs2)cc1. The van der Waals surface area contributed by atoms with Crippen LogP contribution in [-0.2, 0) is 23.1 Å². The van der Waals surface area contributed by atoms with E-state index in [1.807, 2.05) is 12.1 Å². The molecule has 0 bridgehead atoms. The molecule has 1 aromatic carbocycles. The Kier molecular flexibility index (Phi) is 5.77. The van der Waals surface area contributed by atoms with E-state index in [4.69, 9.17) is 4.74 Å². The van der Waals surface area contributed by atoms with Crippen LogP contribution in [0.25, 0.3) is 0 Å². The van der Waals surface area contributed by atoms with Crippen LogP contribution in [0, 0.1) is 0 Å². The van der Waals surface area contributed by atoms with E-state index >= 15 is 0 Å². The molecule has 0 atom stereocenters. The Morgan fingerprint density at radius 2 is 2.00 bits per heavy atom. The Balaban J connectivity index is 1.84. The number of nitrogens with zero attached hydrogens (tertiary/aromatic N) is 1. The van der Waals surface area contributed by atoms with Gasteiger partial charge in [-0.2, -0.15) is 0 Å². The van der Waals surface area contributed by atoms with E-state index in [-0.39, 0.29) is 11.8 Å². The van der Waals surface area contributed by atoms with Gasteiger partial charge in [-0.05, 0) is 29.5 Å². The van der Waals surface area contributed by atoms with Crippen molar-refractivity contribution in [1.29, 1.82) is 0 Å². The van der Waals surface area contributed by atoms with Crippen molar-refractivity contribution in [2.45, 2.75) is 45.4 Å². The summed E-state index contributed by atoms with van der Waals surface area (Å²) in [6.07, 6.45) is 1.62. The van der Waals surface area contributed by atoms with Crippen LogP contribution in [0.4, 0.5) is 0 Å². The second kappa shape index (κ2) is 7.59. The van der Waals surface area contributed by atoms with Gasteiger partial charge in [-0.3, -0.25) is 0 Å². The Morgan fingerprint density at radius 3 is 2.61 bits per heavy atom. The maximum Gasteiger partial charge on any atom is 0.119 e. The number of thiazole rings is 1. The van der Waals surface area contributed by atoms with Gasteiger partial charge in [-0.15, -0.1) is 11.3 Å². The first-order valence-electron chi connectivity index (χ1n) is 7.77. The van der Waals surface area contributed by atoms with E-state index in [9.17, 15) is 9.90 Å². The lowest BCUT2D eigenvalue weighted by Gasteiger charge is -2.23. The van der Waals surface area contributed by atoms with E-state index in [0.717, 1.165) is 17.2 Å². The third-order valence-corrected chi connectivity index (χ3v) is 4.99. The first kappa shape index (κ1) is 17.5. The number of carboxylic acid groups (broad SMARTS) is 1. The molecule has 2 aromatic rings. The predicted molar refractivity (Wildman–Crippen MR) is 89.8 cm³/mol. The minimum atomic E-state index is -1.10. The van der Waals surface area contributed by atoms with Crippen LogP contribution in [0.3, 0.4) is 0 Å². The minimum Gasteiger partial charge on any atom is -0.550 e. The summed E-state index contributed by atoms with van der Waals surface area (Å²) in [5.74, 6) is -0.264. The van der Waals surface area contributed by atoms with Gasteiger partial charge in [0.1, 0.15) is 5.75 Å². The van der Waals surface area contributed by atoms with Crippen LogP contribution >= 0.6 is 11.3 Å². The average Bonchev–Trinajstić information content (AvgIpc) is 2.94. The van der Waals surface area contributed by atoms with Crippen molar-refractivity contribution in [2.24, 2.45) is 0 Å².